The van der Waals surface area contributed by atoms with Crippen LogP contribution in [0.5, 0.6) is 0 Å². The van der Waals surface area contributed by atoms with Crippen LogP contribution >= 0.6 is 35.6 Å². The van der Waals surface area contributed by atoms with Crippen LogP contribution in [0.4, 0.5) is 0 Å². The first kappa shape index (κ1) is 18.5. The molecule has 1 amide bonds. The van der Waals surface area contributed by atoms with Crippen molar-refractivity contribution in [2.24, 2.45) is 0 Å². The van der Waals surface area contributed by atoms with E-state index in [-0.39, 0.29) is 5.91 Å². The van der Waals surface area contributed by atoms with Crippen LogP contribution in [0.25, 0.3) is 6.08 Å². The molecule has 1 aliphatic rings. The van der Waals surface area contributed by atoms with Crippen LogP contribution in [0.2, 0.25) is 5.02 Å². The Morgan fingerprint density at radius 2 is 2.00 bits per heavy atom. The van der Waals surface area contributed by atoms with Crippen molar-refractivity contribution in [3.63, 3.8) is 0 Å². The molecule has 0 unspecified atom stereocenters. The van der Waals surface area contributed by atoms with Gasteiger partial charge in [-0.1, -0.05) is 67.6 Å². The van der Waals surface area contributed by atoms with E-state index in [0.717, 1.165) is 31.6 Å². The second-order valence-electron chi connectivity index (χ2n) is 5.24. The van der Waals surface area contributed by atoms with Crippen molar-refractivity contribution >= 4 is 51.9 Å². The molecule has 23 heavy (non-hydrogen) atoms. The van der Waals surface area contributed by atoms with Gasteiger partial charge in [-0.15, -0.1) is 0 Å². The number of benzene rings is 1. The summed E-state index contributed by atoms with van der Waals surface area (Å²) in [7, 11) is 0. The molecular weight excluding hydrogens is 348 g/mol. The Hall–Kier alpha value is -0.880. The standard InChI is InChI=1S/C17H21ClN2OS2/c1-3-19(4-2)10-7-11-20-16(21)15(23-17(20)22)12-13-8-5-6-9-14(13)18/h5-6,8-9,12H,3-4,7,10-11H2,1-2H3. The third-order valence-corrected chi connectivity index (χ3v) is 5.54. The van der Waals surface area contributed by atoms with E-state index in [2.05, 4.69) is 18.7 Å². The molecule has 0 N–H and O–H groups in total. The van der Waals surface area contributed by atoms with E-state index in [4.69, 9.17) is 23.8 Å². The Labute approximate surface area is 152 Å². The number of rotatable bonds is 7. The maximum absolute atomic E-state index is 12.5. The van der Waals surface area contributed by atoms with Gasteiger partial charge in [0, 0.05) is 11.6 Å². The normalized spacial score (nSPS) is 16.9. The first-order valence-corrected chi connectivity index (χ1v) is 9.39. The highest BCUT2D eigenvalue weighted by molar-refractivity contribution is 8.26. The predicted molar refractivity (Wildman–Crippen MR) is 104 cm³/mol. The van der Waals surface area contributed by atoms with Gasteiger partial charge in [-0.05, 0) is 43.8 Å². The van der Waals surface area contributed by atoms with E-state index < -0.39 is 0 Å². The molecule has 124 valence electrons. The Morgan fingerprint density at radius 1 is 1.30 bits per heavy atom. The number of halogens is 1. The third-order valence-electron chi connectivity index (χ3n) is 3.82. The van der Waals surface area contributed by atoms with Gasteiger partial charge in [-0.25, -0.2) is 0 Å². The molecular formula is C17H21ClN2OS2. The summed E-state index contributed by atoms with van der Waals surface area (Å²) in [5.74, 6) is -0.0144. The fourth-order valence-corrected chi connectivity index (χ4v) is 3.91. The minimum Gasteiger partial charge on any atom is -0.304 e. The third kappa shape index (κ3) is 4.80. The minimum absolute atomic E-state index is 0.0144. The zero-order chi connectivity index (χ0) is 16.8. The molecule has 0 bridgehead atoms. The van der Waals surface area contributed by atoms with Crippen LogP contribution in [0, 0.1) is 0 Å². The van der Waals surface area contributed by atoms with Crippen molar-refractivity contribution in [1.29, 1.82) is 0 Å². The Balaban J connectivity index is 2.01. The first-order valence-electron chi connectivity index (χ1n) is 7.79. The average Bonchev–Trinajstić information content (AvgIpc) is 2.81. The largest absolute Gasteiger partial charge is 0.304 e. The molecule has 1 aliphatic heterocycles. The second-order valence-corrected chi connectivity index (χ2v) is 7.32. The lowest BCUT2D eigenvalue weighted by atomic mass is 10.2. The smallest absolute Gasteiger partial charge is 0.266 e. The van der Waals surface area contributed by atoms with Crippen LogP contribution < -0.4 is 0 Å². The van der Waals surface area contributed by atoms with Gasteiger partial charge in [-0.3, -0.25) is 9.69 Å². The van der Waals surface area contributed by atoms with Crippen LogP contribution in [-0.2, 0) is 4.79 Å². The molecule has 1 heterocycles. The lowest BCUT2D eigenvalue weighted by molar-refractivity contribution is -0.122. The molecule has 1 saturated heterocycles. The summed E-state index contributed by atoms with van der Waals surface area (Å²) >= 11 is 12.9. The number of nitrogens with zero attached hydrogens (tertiary/aromatic N) is 2. The SMILES string of the molecule is CCN(CC)CCCN1C(=O)C(=Cc2ccccc2Cl)SC1=S. The highest BCUT2D eigenvalue weighted by Crippen LogP contribution is 2.33. The summed E-state index contributed by atoms with van der Waals surface area (Å²) in [4.78, 5) is 17.2. The highest BCUT2D eigenvalue weighted by atomic mass is 35.5. The van der Waals surface area contributed by atoms with E-state index >= 15 is 0 Å². The van der Waals surface area contributed by atoms with Gasteiger partial charge < -0.3 is 4.90 Å². The number of amides is 1. The zero-order valence-electron chi connectivity index (χ0n) is 13.4. The van der Waals surface area contributed by atoms with E-state index in [1.807, 2.05) is 30.3 Å². The summed E-state index contributed by atoms with van der Waals surface area (Å²) < 4.78 is 0.632. The molecule has 1 aromatic carbocycles. The molecule has 0 atom stereocenters. The van der Waals surface area contributed by atoms with Crippen molar-refractivity contribution in [1.82, 2.24) is 9.80 Å². The maximum atomic E-state index is 12.5. The molecule has 1 aromatic rings. The Morgan fingerprint density at radius 3 is 2.65 bits per heavy atom. The van der Waals surface area contributed by atoms with Gasteiger partial charge in [0.05, 0.1) is 4.91 Å². The molecule has 0 radical (unpaired) electrons. The van der Waals surface area contributed by atoms with Crippen molar-refractivity contribution in [2.45, 2.75) is 20.3 Å². The summed E-state index contributed by atoms with van der Waals surface area (Å²) in [6, 6.07) is 7.49. The minimum atomic E-state index is -0.0144. The molecule has 0 saturated carbocycles. The Bertz CT molecular complexity index is 614. The van der Waals surface area contributed by atoms with E-state index in [9.17, 15) is 4.79 Å². The van der Waals surface area contributed by atoms with Crippen molar-refractivity contribution in [2.75, 3.05) is 26.2 Å². The number of hydrogen-bond donors (Lipinski definition) is 0. The van der Waals surface area contributed by atoms with E-state index in [1.54, 1.807) is 4.90 Å². The molecule has 2 rings (SSSR count). The van der Waals surface area contributed by atoms with E-state index in [0.29, 0.717) is 20.8 Å². The summed E-state index contributed by atoms with van der Waals surface area (Å²) in [6.45, 7) is 8.00. The van der Waals surface area contributed by atoms with Gasteiger partial charge in [0.1, 0.15) is 4.32 Å². The number of hydrogen-bond acceptors (Lipinski definition) is 4. The monoisotopic (exact) mass is 368 g/mol. The van der Waals surface area contributed by atoms with E-state index in [1.165, 1.54) is 11.8 Å². The van der Waals surface area contributed by atoms with Crippen molar-refractivity contribution in [3.05, 3.63) is 39.8 Å². The summed E-state index contributed by atoms with van der Waals surface area (Å²) in [5.41, 5.74) is 0.845. The van der Waals surface area contributed by atoms with Crippen LogP contribution in [-0.4, -0.2) is 46.2 Å². The Kier molecular flexibility index (Phi) is 7.09. The summed E-state index contributed by atoms with van der Waals surface area (Å²) in [5, 5.41) is 0.638. The molecule has 0 aliphatic carbocycles. The highest BCUT2D eigenvalue weighted by Gasteiger charge is 2.31. The molecule has 0 aromatic heterocycles. The number of thioether (sulfide) groups is 1. The number of thiocarbonyl (C=S) groups is 1. The quantitative estimate of drug-likeness (QED) is 0.529. The van der Waals surface area contributed by atoms with Crippen molar-refractivity contribution in [3.8, 4) is 0 Å². The lowest BCUT2D eigenvalue weighted by Crippen LogP contribution is -2.32. The van der Waals surface area contributed by atoms with Gasteiger partial charge in [0.25, 0.3) is 5.91 Å². The number of carbonyl (C=O) groups excluding carboxylic acids is 1. The lowest BCUT2D eigenvalue weighted by Gasteiger charge is -2.20. The van der Waals surface area contributed by atoms with Crippen LogP contribution in [0.3, 0.4) is 0 Å². The van der Waals surface area contributed by atoms with Crippen LogP contribution in [0.15, 0.2) is 29.2 Å². The number of carbonyl (C=O) groups is 1. The van der Waals surface area contributed by atoms with Gasteiger partial charge >= 0.3 is 0 Å². The summed E-state index contributed by atoms with van der Waals surface area (Å²) in [6.07, 6.45) is 2.75. The molecule has 0 spiro atoms. The van der Waals surface area contributed by atoms with Gasteiger partial charge in [0.2, 0.25) is 0 Å². The van der Waals surface area contributed by atoms with Gasteiger partial charge in [0.15, 0.2) is 0 Å². The second kappa shape index (κ2) is 8.83. The fourth-order valence-electron chi connectivity index (χ4n) is 2.42. The molecule has 1 fully saturated rings. The topological polar surface area (TPSA) is 23.6 Å². The average molecular weight is 369 g/mol. The molecule has 3 nitrogen and oxygen atoms in total. The van der Waals surface area contributed by atoms with Crippen LogP contribution in [0.1, 0.15) is 25.8 Å². The first-order chi connectivity index (χ1) is 11.1. The maximum Gasteiger partial charge on any atom is 0.266 e. The van der Waals surface area contributed by atoms with Gasteiger partial charge in [-0.2, -0.15) is 0 Å². The molecule has 6 heteroatoms. The zero-order valence-corrected chi connectivity index (χ0v) is 15.8. The van der Waals surface area contributed by atoms with Crippen molar-refractivity contribution < 1.29 is 4.79 Å². The fraction of sp³-hybridized carbons (Fsp3) is 0.412. The predicted octanol–water partition coefficient (Wildman–Crippen LogP) is 4.27.